The first-order valence-corrected chi connectivity index (χ1v) is 9.83. The number of benzene rings is 3. The number of hydrogen-bond acceptors (Lipinski definition) is 7. The molecule has 4 rings (SSSR count). The smallest absolute Gasteiger partial charge is 0.306 e. The van der Waals surface area contributed by atoms with Crippen LogP contribution in [0.5, 0.6) is 17.2 Å². The molecule has 32 heavy (non-hydrogen) atoms. The predicted octanol–water partition coefficient (Wildman–Crippen LogP) is 4.27. The predicted molar refractivity (Wildman–Crippen MR) is 118 cm³/mol. The van der Waals surface area contributed by atoms with E-state index < -0.39 is 23.1 Å². The van der Waals surface area contributed by atoms with Crippen molar-refractivity contribution in [3.63, 3.8) is 0 Å². The van der Waals surface area contributed by atoms with Crippen LogP contribution in [0.15, 0.2) is 75.9 Å². The summed E-state index contributed by atoms with van der Waals surface area (Å²) in [5, 5.41) is 30.7. The number of carbonyl (C=O) groups is 1. The lowest BCUT2D eigenvalue weighted by molar-refractivity contribution is -0.140. The topological polar surface area (TPSA) is 117 Å². The Morgan fingerprint density at radius 2 is 1.66 bits per heavy atom. The van der Waals surface area contributed by atoms with Gasteiger partial charge in [-0.2, -0.15) is 0 Å². The Kier molecular flexibility index (Phi) is 5.55. The Bertz CT molecular complexity index is 1340. The van der Waals surface area contributed by atoms with Gasteiger partial charge < -0.3 is 24.5 Å². The van der Waals surface area contributed by atoms with Crippen molar-refractivity contribution >= 4 is 16.9 Å². The molecule has 0 saturated heterocycles. The molecule has 162 valence electrons. The molecule has 3 N–H and O–H groups in total. The minimum atomic E-state index is -0.777. The van der Waals surface area contributed by atoms with Crippen LogP contribution in [0.2, 0.25) is 0 Å². The maximum absolute atomic E-state index is 12.9. The third kappa shape index (κ3) is 3.88. The van der Waals surface area contributed by atoms with E-state index in [1.807, 2.05) is 6.07 Å². The van der Waals surface area contributed by atoms with Gasteiger partial charge in [0.15, 0.2) is 5.43 Å². The summed E-state index contributed by atoms with van der Waals surface area (Å²) in [5.74, 6) is -1.83. The molecule has 0 fully saturated rings. The molecular formula is C25H20O7. The molecule has 0 radical (unpaired) electrons. The normalized spacial score (nSPS) is 11.9. The van der Waals surface area contributed by atoms with Gasteiger partial charge in [0.25, 0.3) is 0 Å². The van der Waals surface area contributed by atoms with Gasteiger partial charge in [0.05, 0.1) is 13.5 Å². The van der Waals surface area contributed by atoms with Crippen molar-refractivity contribution in [1.29, 1.82) is 0 Å². The molecule has 4 aromatic rings. The van der Waals surface area contributed by atoms with E-state index in [1.165, 1.54) is 25.3 Å². The Balaban J connectivity index is 2.04. The standard InChI is InChI=1S/C25H20O7/c1-31-22(30)11-17(14-7-9-16(26)10-8-14)23-18(27)12-19(28)24-20(29)13-21(32-25(23)24)15-5-3-2-4-6-15/h2-10,12-13,17,26-28H,11H2,1H3. The van der Waals surface area contributed by atoms with Crippen LogP contribution in [0, 0.1) is 0 Å². The van der Waals surface area contributed by atoms with Crippen molar-refractivity contribution in [3.05, 3.63) is 88.1 Å². The number of ether oxygens (including phenoxy) is 1. The summed E-state index contributed by atoms with van der Waals surface area (Å²) in [7, 11) is 1.25. The molecule has 1 unspecified atom stereocenters. The van der Waals surface area contributed by atoms with Crippen molar-refractivity contribution in [2.24, 2.45) is 0 Å². The van der Waals surface area contributed by atoms with Gasteiger partial charge in [-0.25, -0.2) is 0 Å². The number of aromatic hydroxyl groups is 3. The van der Waals surface area contributed by atoms with Gasteiger partial charge in [0.2, 0.25) is 0 Å². The Labute approximate surface area is 182 Å². The van der Waals surface area contributed by atoms with E-state index in [0.29, 0.717) is 11.1 Å². The fraction of sp³-hybridized carbons (Fsp3) is 0.120. The Morgan fingerprint density at radius 1 is 0.969 bits per heavy atom. The molecule has 1 aromatic heterocycles. The molecule has 1 heterocycles. The van der Waals surface area contributed by atoms with Crippen LogP contribution in [0.3, 0.4) is 0 Å². The molecule has 0 aliphatic rings. The minimum absolute atomic E-state index is 0.0308. The summed E-state index contributed by atoms with van der Waals surface area (Å²) in [6.45, 7) is 0. The maximum atomic E-state index is 12.9. The van der Waals surface area contributed by atoms with E-state index in [4.69, 9.17) is 9.15 Å². The van der Waals surface area contributed by atoms with E-state index in [-0.39, 0.29) is 40.2 Å². The monoisotopic (exact) mass is 432 g/mol. The molecule has 1 atom stereocenters. The third-order valence-corrected chi connectivity index (χ3v) is 5.30. The van der Waals surface area contributed by atoms with Crippen molar-refractivity contribution in [3.8, 4) is 28.6 Å². The fourth-order valence-electron chi connectivity index (χ4n) is 3.75. The number of carbonyl (C=O) groups excluding carboxylic acids is 1. The van der Waals surface area contributed by atoms with Crippen molar-refractivity contribution in [2.75, 3.05) is 7.11 Å². The van der Waals surface area contributed by atoms with E-state index in [1.54, 1.807) is 36.4 Å². The summed E-state index contributed by atoms with van der Waals surface area (Å²) in [6.07, 6.45) is -0.173. The van der Waals surface area contributed by atoms with Crippen LogP contribution in [0.25, 0.3) is 22.3 Å². The van der Waals surface area contributed by atoms with Crippen molar-refractivity contribution < 1.29 is 29.3 Å². The van der Waals surface area contributed by atoms with Gasteiger partial charge in [0, 0.05) is 29.2 Å². The van der Waals surface area contributed by atoms with E-state index in [0.717, 1.165) is 6.07 Å². The number of methoxy groups -OCH3 is 1. The number of phenols is 3. The second-order valence-electron chi connectivity index (χ2n) is 7.30. The lowest BCUT2D eigenvalue weighted by atomic mass is 9.86. The fourth-order valence-corrected chi connectivity index (χ4v) is 3.75. The second-order valence-corrected chi connectivity index (χ2v) is 7.30. The second kappa shape index (κ2) is 8.47. The summed E-state index contributed by atoms with van der Waals surface area (Å²) < 4.78 is 10.9. The van der Waals surface area contributed by atoms with Gasteiger partial charge in [0.1, 0.15) is 34.0 Å². The Hall–Kier alpha value is -4.26. The zero-order valence-electron chi connectivity index (χ0n) is 17.1. The molecular weight excluding hydrogens is 412 g/mol. The molecule has 0 aliphatic heterocycles. The number of rotatable bonds is 5. The summed E-state index contributed by atoms with van der Waals surface area (Å²) >= 11 is 0. The molecule has 0 aliphatic carbocycles. The zero-order valence-corrected chi connectivity index (χ0v) is 17.1. The number of phenolic OH excluding ortho intramolecular Hbond substituents is 3. The summed E-state index contributed by atoms with van der Waals surface area (Å²) in [6, 6.07) is 17.3. The first kappa shape index (κ1) is 21.0. The highest BCUT2D eigenvalue weighted by Crippen LogP contribution is 2.43. The summed E-state index contributed by atoms with van der Waals surface area (Å²) in [4.78, 5) is 25.1. The average Bonchev–Trinajstić information content (AvgIpc) is 2.78. The quantitative estimate of drug-likeness (QED) is 0.403. The van der Waals surface area contributed by atoms with E-state index in [2.05, 4.69) is 0 Å². The van der Waals surface area contributed by atoms with E-state index >= 15 is 0 Å². The number of esters is 1. The number of hydrogen-bond donors (Lipinski definition) is 3. The average molecular weight is 432 g/mol. The van der Waals surface area contributed by atoms with Crippen LogP contribution in [-0.4, -0.2) is 28.4 Å². The molecule has 0 spiro atoms. The summed E-state index contributed by atoms with van der Waals surface area (Å²) in [5.41, 5.74) is 0.837. The van der Waals surface area contributed by atoms with Crippen LogP contribution in [0.1, 0.15) is 23.5 Å². The lowest BCUT2D eigenvalue weighted by Crippen LogP contribution is -2.12. The van der Waals surface area contributed by atoms with Gasteiger partial charge in [-0.1, -0.05) is 42.5 Å². The molecule has 0 saturated carbocycles. The molecule has 7 heteroatoms. The van der Waals surface area contributed by atoms with Crippen molar-refractivity contribution in [2.45, 2.75) is 12.3 Å². The van der Waals surface area contributed by atoms with Crippen LogP contribution in [0.4, 0.5) is 0 Å². The van der Waals surface area contributed by atoms with Gasteiger partial charge in [-0.05, 0) is 17.7 Å². The molecule has 7 nitrogen and oxygen atoms in total. The largest absolute Gasteiger partial charge is 0.508 e. The minimum Gasteiger partial charge on any atom is -0.508 e. The van der Waals surface area contributed by atoms with Crippen molar-refractivity contribution in [1.82, 2.24) is 0 Å². The highest BCUT2D eigenvalue weighted by Gasteiger charge is 2.28. The zero-order chi connectivity index (χ0) is 22.8. The molecule has 0 amide bonds. The van der Waals surface area contributed by atoms with Gasteiger partial charge >= 0.3 is 5.97 Å². The maximum Gasteiger partial charge on any atom is 0.306 e. The van der Waals surface area contributed by atoms with E-state index in [9.17, 15) is 24.9 Å². The molecule has 0 bridgehead atoms. The SMILES string of the molecule is COC(=O)CC(c1ccc(O)cc1)c1c(O)cc(O)c2c(=O)cc(-c3ccccc3)oc12. The Morgan fingerprint density at radius 3 is 2.31 bits per heavy atom. The third-order valence-electron chi connectivity index (χ3n) is 5.30. The van der Waals surface area contributed by atoms with Crippen LogP contribution in [-0.2, 0) is 9.53 Å². The molecule has 3 aromatic carbocycles. The highest BCUT2D eigenvalue weighted by atomic mass is 16.5. The first-order valence-electron chi connectivity index (χ1n) is 9.83. The van der Waals surface area contributed by atoms with Gasteiger partial charge in [-0.3, -0.25) is 9.59 Å². The number of fused-ring (bicyclic) bond motifs is 1. The van der Waals surface area contributed by atoms with Crippen LogP contribution >= 0.6 is 0 Å². The van der Waals surface area contributed by atoms with Gasteiger partial charge in [-0.15, -0.1) is 0 Å². The lowest BCUT2D eigenvalue weighted by Gasteiger charge is -2.20. The highest BCUT2D eigenvalue weighted by molar-refractivity contribution is 5.90. The first-order chi connectivity index (χ1) is 15.4. The van der Waals surface area contributed by atoms with Crippen LogP contribution < -0.4 is 5.43 Å².